The van der Waals surface area contributed by atoms with Gasteiger partial charge in [0.2, 0.25) is 11.8 Å². The average Bonchev–Trinajstić information content (AvgIpc) is 3.04. The van der Waals surface area contributed by atoms with Crippen molar-refractivity contribution in [3.05, 3.63) is 124 Å². The summed E-state index contributed by atoms with van der Waals surface area (Å²) in [5.41, 5.74) is 1.63. The van der Waals surface area contributed by atoms with Crippen LogP contribution in [0, 0.1) is 0 Å². The van der Waals surface area contributed by atoms with Crippen molar-refractivity contribution in [1.29, 1.82) is 0 Å². The van der Waals surface area contributed by atoms with Crippen molar-refractivity contribution < 1.29 is 22.7 Å². The van der Waals surface area contributed by atoms with E-state index in [1.807, 2.05) is 30.3 Å². The first-order chi connectivity index (χ1) is 21.1. The number of nitrogens with zero attached hydrogens (tertiary/aromatic N) is 2. The first kappa shape index (κ1) is 32.9. The van der Waals surface area contributed by atoms with Gasteiger partial charge in [0.05, 0.1) is 27.2 Å². The van der Waals surface area contributed by atoms with E-state index in [0.717, 1.165) is 9.87 Å². The van der Waals surface area contributed by atoms with Crippen LogP contribution in [0.25, 0.3) is 0 Å². The van der Waals surface area contributed by atoms with E-state index in [1.54, 1.807) is 67.6 Å². The molecule has 1 atom stereocenters. The maximum Gasteiger partial charge on any atom is 0.264 e. The normalized spacial score (nSPS) is 11.8. The van der Waals surface area contributed by atoms with Gasteiger partial charge >= 0.3 is 0 Å². The van der Waals surface area contributed by atoms with Gasteiger partial charge in [-0.1, -0.05) is 89.9 Å². The number of rotatable bonds is 13. The number of carbonyl (C=O) groups excluding carboxylic acids is 2. The third kappa shape index (κ3) is 7.91. The Hall–Kier alpha value is -4.05. The predicted octanol–water partition coefficient (Wildman–Crippen LogP) is 5.97. The van der Waals surface area contributed by atoms with Gasteiger partial charge in [0.1, 0.15) is 18.3 Å². The van der Waals surface area contributed by atoms with Gasteiger partial charge in [0, 0.05) is 20.0 Å². The molecule has 230 valence electrons. The van der Waals surface area contributed by atoms with Gasteiger partial charge in [-0.15, -0.1) is 0 Å². The number of sulfonamides is 1. The smallest absolute Gasteiger partial charge is 0.264 e. The Morgan fingerprint density at radius 1 is 0.841 bits per heavy atom. The number of halogens is 2. The van der Waals surface area contributed by atoms with Crippen LogP contribution in [0.2, 0.25) is 10.0 Å². The molecular weight excluding hydrogens is 621 g/mol. The van der Waals surface area contributed by atoms with E-state index < -0.39 is 34.4 Å². The molecule has 0 unspecified atom stereocenters. The molecule has 1 N–H and O–H groups in total. The lowest BCUT2D eigenvalue weighted by molar-refractivity contribution is -0.139. The highest BCUT2D eigenvalue weighted by Gasteiger charge is 2.35. The van der Waals surface area contributed by atoms with Crippen LogP contribution in [0.1, 0.15) is 18.1 Å². The fraction of sp³-hybridized carbons (Fsp3) is 0.212. The molecule has 4 rings (SSSR count). The summed E-state index contributed by atoms with van der Waals surface area (Å²) in [7, 11) is -2.76. The van der Waals surface area contributed by atoms with Crippen molar-refractivity contribution in [2.24, 2.45) is 0 Å². The number of benzene rings is 4. The molecule has 44 heavy (non-hydrogen) atoms. The summed E-state index contributed by atoms with van der Waals surface area (Å²) in [6, 6.07) is 27.7. The zero-order valence-electron chi connectivity index (χ0n) is 24.3. The molecule has 0 spiro atoms. The molecule has 0 aliphatic carbocycles. The number of para-hydroxylation sites is 2. The van der Waals surface area contributed by atoms with Crippen LogP contribution in [-0.2, 0) is 32.6 Å². The van der Waals surface area contributed by atoms with Crippen LogP contribution in [-0.4, -0.2) is 51.4 Å². The van der Waals surface area contributed by atoms with Crippen molar-refractivity contribution in [3.8, 4) is 5.75 Å². The second-order valence-electron chi connectivity index (χ2n) is 9.82. The predicted molar refractivity (Wildman–Crippen MR) is 174 cm³/mol. The Morgan fingerprint density at radius 2 is 1.48 bits per heavy atom. The SMILES string of the molecule is CCOc1ccccc1N(CC(=O)N(Cc1ccc(Cl)c(Cl)c1)[C@H](Cc1ccccc1)C(=O)NC)S(=O)(=O)c1ccccc1. The fourth-order valence-electron chi connectivity index (χ4n) is 4.73. The summed E-state index contributed by atoms with van der Waals surface area (Å²) in [6.07, 6.45) is 0.189. The Balaban J connectivity index is 1.83. The molecule has 2 amide bonds. The van der Waals surface area contributed by atoms with Crippen LogP contribution in [0.3, 0.4) is 0 Å². The van der Waals surface area contributed by atoms with E-state index in [4.69, 9.17) is 27.9 Å². The zero-order chi connectivity index (χ0) is 31.7. The summed E-state index contributed by atoms with van der Waals surface area (Å²) in [6.45, 7) is 1.43. The summed E-state index contributed by atoms with van der Waals surface area (Å²) in [5, 5.41) is 3.29. The second-order valence-corrected chi connectivity index (χ2v) is 12.5. The van der Waals surface area contributed by atoms with Crippen molar-refractivity contribution in [1.82, 2.24) is 10.2 Å². The number of nitrogens with one attached hydrogen (secondary N) is 1. The van der Waals surface area contributed by atoms with E-state index in [-0.39, 0.29) is 35.2 Å². The fourth-order valence-corrected chi connectivity index (χ4v) is 6.50. The lowest BCUT2D eigenvalue weighted by Gasteiger charge is -2.34. The number of hydrogen-bond acceptors (Lipinski definition) is 5. The van der Waals surface area contributed by atoms with E-state index >= 15 is 0 Å². The Morgan fingerprint density at radius 3 is 2.11 bits per heavy atom. The van der Waals surface area contributed by atoms with Gasteiger partial charge in [-0.05, 0) is 54.4 Å². The first-order valence-corrected chi connectivity index (χ1v) is 16.1. The molecule has 0 heterocycles. The number of ether oxygens (including phenoxy) is 1. The van der Waals surface area contributed by atoms with Crippen molar-refractivity contribution >= 4 is 50.7 Å². The Kier molecular flexibility index (Phi) is 11.3. The van der Waals surface area contributed by atoms with Gasteiger partial charge in [-0.25, -0.2) is 8.42 Å². The Labute approximate surface area is 268 Å². The van der Waals surface area contributed by atoms with Crippen LogP contribution in [0.15, 0.2) is 108 Å². The molecular formula is C33H33Cl2N3O5S. The van der Waals surface area contributed by atoms with E-state index in [0.29, 0.717) is 16.3 Å². The van der Waals surface area contributed by atoms with Crippen molar-refractivity contribution in [2.45, 2.75) is 30.8 Å². The molecule has 0 aliphatic rings. The molecule has 0 radical (unpaired) electrons. The van der Waals surface area contributed by atoms with Gasteiger partial charge in [-0.3, -0.25) is 13.9 Å². The quantitative estimate of drug-likeness (QED) is 0.192. The summed E-state index contributed by atoms with van der Waals surface area (Å²) in [4.78, 5) is 29.2. The molecule has 8 nitrogen and oxygen atoms in total. The topological polar surface area (TPSA) is 96.0 Å². The van der Waals surface area contributed by atoms with E-state index in [9.17, 15) is 18.0 Å². The first-order valence-electron chi connectivity index (χ1n) is 13.9. The summed E-state index contributed by atoms with van der Waals surface area (Å²) in [5.74, 6) is -0.716. The molecule has 0 aliphatic heterocycles. The monoisotopic (exact) mass is 653 g/mol. The van der Waals surface area contributed by atoms with Gasteiger partial charge < -0.3 is 15.0 Å². The van der Waals surface area contributed by atoms with Crippen LogP contribution >= 0.6 is 23.2 Å². The highest BCUT2D eigenvalue weighted by atomic mass is 35.5. The number of carbonyl (C=O) groups is 2. The molecule has 0 saturated carbocycles. The zero-order valence-corrected chi connectivity index (χ0v) is 26.6. The molecule has 0 saturated heterocycles. The minimum atomic E-state index is -4.25. The standard InChI is InChI=1S/C33H33Cl2N3O5S/c1-3-43-31-17-11-10-16-29(31)38(44(41,42)26-14-8-5-9-15-26)23-32(39)37(22-25-18-19-27(34)28(35)20-25)30(33(40)36-2)21-24-12-6-4-7-13-24/h4-20,30H,3,21-23H2,1-2H3,(H,36,40)/t30-/m1/s1. The van der Waals surface area contributed by atoms with Crippen molar-refractivity contribution in [2.75, 3.05) is 24.5 Å². The van der Waals surface area contributed by atoms with Crippen LogP contribution in [0.4, 0.5) is 5.69 Å². The van der Waals surface area contributed by atoms with Gasteiger partial charge in [-0.2, -0.15) is 0 Å². The summed E-state index contributed by atoms with van der Waals surface area (Å²) >= 11 is 12.4. The minimum Gasteiger partial charge on any atom is -0.492 e. The summed E-state index contributed by atoms with van der Waals surface area (Å²) < 4.78 is 35.1. The highest BCUT2D eigenvalue weighted by molar-refractivity contribution is 7.92. The number of anilines is 1. The molecule has 0 aromatic heterocycles. The largest absolute Gasteiger partial charge is 0.492 e. The van der Waals surface area contributed by atoms with Crippen LogP contribution in [0.5, 0.6) is 5.75 Å². The molecule has 11 heteroatoms. The van der Waals surface area contributed by atoms with E-state index in [2.05, 4.69) is 5.32 Å². The third-order valence-electron chi connectivity index (χ3n) is 6.90. The second kappa shape index (κ2) is 15.1. The molecule has 0 bridgehead atoms. The minimum absolute atomic E-state index is 0.00210. The molecule has 0 fully saturated rings. The lowest BCUT2D eigenvalue weighted by atomic mass is 10.0. The lowest BCUT2D eigenvalue weighted by Crippen LogP contribution is -2.53. The number of amides is 2. The van der Waals surface area contributed by atoms with Gasteiger partial charge in [0.25, 0.3) is 10.0 Å². The molecule has 4 aromatic carbocycles. The highest BCUT2D eigenvalue weighted by Crippen LogP contribution is 2.33. The average molecular weight is 655 g/mol. The number of hydrogen-bond donors (Lipinski definition) is 1. The maximum atomic E-state index is 14.4. The van der Waals surface area contributed by atoms with Crippen LogP contribution < -0.4 is 14.4 Å². The van der Waals surface area contributed by atoms with Gasteiger partial charge in [0.15, 0.2) is 0 Å². The Bertz CT molecular complexity index is 1690. The molecule has 4 aromatic rings. The third-order valence-corrected chi connectivity index (χ3v) is 9.41. The van der Waals surface area contributed by atoms with Crippen molar-refractivity contribution in [3.63, 3.8) is 0 Å². The maximum absolute atomic E-state index is 14.4. The van der Waals surface area contributed by atoms with E-state index in [1.165, 1.54) is 24.1 Å². The number of likely N-dealkylation sites (N-methyl/N-ethyl adjacent to an activating group) is 1.